The van der Waals surface area contributed by atoms with Crippen molar-refractivity contribution >= 4 is 64.6 Å². The molecule has 0 heterocycles. The number of aryl methyl sites for hydroxylation is 2. The van der Waals surface area contributed by atoms with E-state index in [4.69, 9.17) is 0 Å². The van der Waals surface area contributed by atoms with Crippen LogP contribution in [0.3, 0.4) is 0 Å². The van der Waals surface area contributed by atoms with E-state index in [0.29, 0.717) is 0 Å². The van der Waals surface area contributed by atoms with Crippen molar-refractivity contribution in [1.29, 1.82) is 0 Å². The van der Waals surface area contributed by atoms with Crippen LogP contribution in [-0.4, -0.2) is 0 Å². The monoisotopic (exact) mass is 738 g/mol. The lowest BCUT2D eigenvalue weighted by atomic mass is 9.78. The fourth-order valence-corrected chi connectivity index (χ4v) is 11.9. The van der Waals surface area contributed by atoms with Crippen LogP contribution in [0.1, 0.15) is 61.1 Å². The van der Waals surface area contributed by atoms with Gasteiger partial charge in [-0.25, -0.2) is 0 Å². The first-order chi connectivity index (χ1) is 28.1. The first-order valence-corrected chi connectivity index (χ1v) is 20.9. The standard InChI is InChI=1S/C58H42/c1-31-24-39(41-22-20-37-19-17-33-10-7-11-35-21-23-43(41)56(37)53(33)35)27-49-51(31)45-29-48-46(30-47(45)57(49,3)4)52-32(2)25-40(28-50(52)58(48,5)6)44-26-38-14-8-12-34-16-18-36-13-9-15-42(44)55(36)54(34)38/h7-30H,1-6H3. The highest BCUT2D eigenvalue weighted by Gasteiger charge is 2.43. The average Bonchev–Trinajstić information content (AvgIpc) is 3.60. The molecule has 0 saturated heterocycles. The molecule has 0 atom stereocenters. The molecule has 2 aliphatic rings. The van der Waals surface area contributed by atoms with Crippen molar-refractivity contribution in [2.45, 2.75) is 52.4 Å². The van der Waals surface area contributed by atoms with Gasteiger partial charge >= 0.3 is 0 Å². The topological polar surface area (TPSA) is 0 Å². The lowest BCUT2D eigenvalue weighted by Crippen LogP contribution is -2.17. The Morgan fingerprint density at radius 1 is 0.310 bits per heavy atom. The van der Waals surface area contributed by atoms with Crippen LogP contribution < -0.4 is 0 Å². The largest absolute Gasteiger partial charge is 0.0610 e. The Hall–Kier alpha value is -6.50. The zero-order valence-electron chi connectivity index (χ0n) is 33.9. The van der Waals surface area contributed by atoms with Crippen LogP contribution in [0.25, 0.3) is 109 Å². The minimum absolute atomic E-state index is 0.148. The highest BCUT2D eigenvalue weighted by atomic mass is 14.5. The number of rotatable bonds is 2. The van der Waals surface area contributed by atoms with Crippen LogP contribution in [0.2, 0.25) is 0 Å². The quantitative estimate of drug-likeness (QED) is 0.155. The van der Waals surface area contributed by atoms with E-state index in [1.165, 1.54) is 143 Å². The fourth-order valence-electron chi connectivity index (χ4n) is 11.9. The van der Waals surface area contributed by atoms with E-state index in [-0.39, 0.29) is 10.8 Å². The molecule has 274 valence electrons. The molecule has 58 heavy (non-hydrogen) atoms. The molecule has 11 aromatic carbocycles. The van der Waals surface area contributed by atoms with E-state index in [1.54, 1.807) is 0 Å². The molecule has 2 aliphatic carbocycles. The predicted octanol–water partition coefficient (Wildman–Crippen LogP) is 16.0. The molecule has 0 unspecified atom stereocenters. The minimum atomic E-state index is -0.151. The molecule has 0 bridgehead atoms. The van der Waals surface area contributed by atoms with Crippen LogP contribution in [0.15, 0.2) is 146 Å². The second-order valence-corrected chi connectivity index (χ2v) is 18.6. The van der Waals surface area contributed by atoms with Crippen molar-refractivity contribution in [3.63, 3.8) is 0 Å². The predicted molar refractivity (Wildman–Crippen MR) is 249 cm³/mol. The van der Waals surface area contributed by atoms with Gasteiger partial charge < -0.3 is 0 Å². The van der Waals surface area contributed by atoms with Gasteiger partial charge in [-0.15, -0.1) is 0 Å². The summed E-state index contributed by atoms with van der Waals surface area (Å²) >= 11 is 0. The second-order valence-electron chi connectivity index (χ2n) is 18.6. The van der Waals surface area contributed by atoms with E-state index in [1.807, 2.05) is 0 Å². The van der Waals surface area contributed by atoms with Gasteiger partial charge in [0.2, 0.25) is 0 Å². The molecular formula is C58H42. The van der Waals surface area contributed by atoms with Crippen molar-refractivity contribution in [1.82, 2.24) is 0 Å². The molecule has 0 nitrogen and oxygen atoms in total. The second kappa shape index (κ2) is 10.7. The van der Waals surface area contributed by atoms with Gasteiger partial charge in [-0.2, -0.15) is 0 Å². The Balaban J connectivity index is 0.972. The zero-order chi connectivity index (χ0) is 39.0. The molecule has 0 amide bonds. The smallest absolute Gasteiger partial charge is 0.0159 e. The van der Waals surface area contributed by atoms with Crippen molar-refractivity contribution in [3.8, 4) is 44.5 Å². The van der Waals surface area contributed by atoms with E-state index in [0.717, 1.165) is 0 Å². The van der Waals surface area contributed by atoms with Gasteiger partial charge in [0.1, 0.15) is 0 Å². The van der Waals surface area contributed by atoms with Crippen LogP contribution in [0, 0.1) is 13.8 Å². The van der Waals surface area contributed by atoms with Gasteiger partial charge in [-0.05, 0) is 187 Å². The minimum Gasteiger partial charge on any atom is -0.0610 e. The Labute approximate surface area is 339 Å². The maximum absolute atomic E-state index is 2.58. The highest BCUT2D eigenvalue weighted by Crippen LogP contribution is 2.58. The molecule has 0 fully saturated rings. The van der Waals surface area contributed by atoms with Crippen molar-refractivity contribution < 1.29 is 0 Å². The fraction of sp³-hybridized carbons (Fsp3) is 0.138. The van der Waals surface area contributed by atoms with Gasteiger partial charge in [0.25, 0.3) is 0 Å². The molecule has 0 radical (unpaired) electrons. The summed E-state index contributed by atoms with van der Waals surface area (Å²) in [5.41, 5.74) is 19.1. The van der Waals surface area contributed by atoms with Gasteiger partial charge in [0.05, 0.1) is 0 Å². The van der Waals surface area contributed by atoms with Crippen molar-refractivity contribution in [2.75, 3.05) is 0 Å². The molecule has 0 spiro atoms. The van der Waals surface area contributed by atoms with E-state index in [9.17, 15) is 0 Å². The third-order valence-corrected chi connectivity index (χ3v) is 14.7. The summed E-state index contributed by atoms with van der Waals surface area (Å²) in [4.78, 5) is 0. The third-order valence-electron chi connectivity index (χ3n) is 14.7. The Kier molecular flexibility index (Phi) is 6.01. The molecular weight excluding hydrogens is 697 g/mol. The first kappa shape index (κ1) is 32.6. The molecule has 0 aliphatic heterocycles. The van der Waals surface area contributed by atoms with Gasteiger partial charge in [-0.3, -0.25) is 0 Å². The number of hydrogen-bond donors (Lipinski definition) is 0. The molecule has 0 N–H and O–H groups in total. The Morgan fingerprint density at radius 2 is 0.724 bits per heavy atom. The molecule has 0 saturated carbocycles. The van der Waals surface area contributed by atoms with Crippen molar-refractivity contribution in [2.24, 2.45) is 0 Å². The summed E-state index contributed by atoms with van der Waals surface area (Å²) in [7, 11) is 0. The lowest BCUT2D eigenvalue weighted by molar-refractivity contribution is 0.652. The zero-order valence-corrected chi connectivity index (χ0v) is 33.9. The Morgan fingerprint density at radius 3 is 1.29 bits per heavy atom. The molecule has 11 aromatic rings. The number of benzene rings is 11. The molecule has 0 heteroatoms. The summed E-state index contributed by atoms with van der Waals surface area (Å²) in [6.07, 6.45) is 0. The van der Waals surface area contributed by atoms with Crippen molar-refractivity contribution in [3.05, 3.63) is 179 Å². The lowest BCUT2D eigenvalue weighted by Gasteiger charge is -2.25. The number of hydrogen-bond acceptors (Lipinski definition) is 0. The average molecular weight is 739 g/mol. The number of fused-ring (bicyclic) bond motifs is 6. The first-order valence-electron chi connectivity index (χ1n) is 20.9. The molecule has 0 aromatic heterocycles. The van der Waals surface area contributed by atoms with Crippen LogP contribution in [0.4, 0.5) is 0 Å². The SMILES string of the molecule is Cc1cc(-c2ccc3ccc4cccc5ccc2c3c45)cc2c1-c1cc3c(cc1C2(C)C)-c1c(C)cc(-c2cc4cccc5ccc6cccc2c6c54)cc1C3(C)C. The summed E-state index contributed by atoms with van der Waals surface area (Å²) < 4.78 is 0. The summed E-state index contributed by atoms with van der Waals surface area (Å²) in [5.74, 6) is 0. The highest BCUT2D eigenvalue weighted by molar-refractivity contribution is 6.27. The maximum Gasteiger partial charge on any atom is 0.0159 e. The van der Waals surface area contributed by atoms with Gasteiger partial charge in [-0.1, -0.05) is 143 Å². The summed E-state index contributed by atoms with van der Waals surface area (Å²) in [5, 5.41) is 16.0. The molecule has 13 rings (SSSR count). The maximum atomic E-state index is 2.58. The van der Waals surface area contributed by atoms with E-state index >= 15 is 0 Å². The Bertz CT molecular complexity index is 3610. The third kappa shape index (κ3) is 3.96. The van der Waals surface area contributed by atoms with E-state index < -0.39 is 0 Å². The van der Waals surface area contributed by atoms with Crippen LogP contribution in [0.5, 0.6) is 0 Å². The van der Waals surface area contributed by atoms with Gasteiger partial charge in [0, 0.05) is 10.8 Å². The van der Waals surface area contributed by atoms with Gasteiger partial charge in [0.15, 0.2) is 0 Å². The van der Waals surface area contributed by atoms with Crippen LogP contribution >= 0.6 is 0 Å². The normalized spacial score (nSPS) is 15.0. The summed E-state index contributed by atoms with van der Waals surface area (Å²) in [6.45, 7) is 14.5. The summed E-state index contributed by atoms with van der Waals surface area (Å²) in [6, 6.07) is 56.3. The van der Waals surface area contributed by atoms with E-state index in [2.05, 4.69) is 187 Å². The van der Waals surface area contributed by atoms with Crippen LogP contribution in [-0.2, 0) is 10.8 Å².